The Kier molecular flexibility index (Phi) is 6.65. The first-order valence-electron chi connectivity index (χ1n) is 9.79. The topological polar surface area (TPSA) is 112 Å². The van der Waals surface area contributed by atoms with Crippen LogP contribution in [0.3, 0.4) is 0 Å². The lowest BCUT2D eigenvalue weighted by atomic mass is 9.86. The highest BCUT2D eigenvalue weighted by Gasteiger charge is 2.20. The number of aromatic nitrogens is 2. The van der Waals surface area contributed by atoms with Gasteiger partial charge in [0.15, 0.2) is 16.6 Å². The summed E-state index contributed by atoms with van der Waals surface area (Å²) < 4.78 is 1.62. The maximum absolute atomic E-state index is 11.0. The normalized spacial score (nSPS) is 12.0. The van der Waals surface area contributed by atoms with Crippen molar-refractivity contribution in [3.05, 3.63) is 52.5 Å². The van der Waals surface area contributed by atoms with E-state index in [4.69, 9.17) is 17.3 Å². The number of aryl methyl sites for hydroxylation is 1. The quantitative estimate of drug-likeness (QED) is 0.245. The van der Waals surface area contributed by atoms with Gasteiger partial charge >= 0.3 is 5.97 Å². The van der Waals surface area contributed by atoms with Gasteiger partial charge in [-0.1, -0.05) is 45.0 Å². The molecule has 0 aliphatic rings. The summed E-state index contributed by atoms with van der Waals surface area (Å²) in [5, 5.41) is 32.1. The van der Waals surface area contributed by atoms with Gasteiger partial charge in [-0.05, 0) is 42.3 Å². The summed E-state index contributed by atoms with van der Waals surface area (Å²) in [6.45, 7) is 8.16. The molecule has 168 valence electrons. The van der Waals surface area contributed by atoms with Crippen LogP contribution in [0.4, 0.5) is 5.00 Å². The number of nitrogens with one attached hydrogen (secondary N) is 2. The highest BCUT2D eigenvalue weighted by molar-refractivity contribution is 7.80. The first-order valence-corrected chi connectivity index (χ1v) is 11.0. The molecule has 32 heavy (non-hydrogen) atoms. The van der Waals surface area contributed by atoms with Crippen LogP contribution in [0.25, 0.3) is 11.3 Å². The number of carboxylic acids is 1. The van der Waals surface area contributed by atoms with Gasteiger partial charge in [-0.2, -0.15) is 10.2 Å². The molecular weight excluding hydrogens is 446 g/mol. The van der Waals surface area contributed by atoms with Gasteiger partial charge in [-0.25, -0.2) is 4.79 Å². The number of anilines is 1. The maximum Gasteiger partial charge on any atom is 0.345 e. The predicted octanol–water partition coefficient (Wildman–Crippen LogP) is 4.56. The van der Waals surface area contributed by atoms with Crippen molar-refractivity contribution in [2.45, 2.75) is 33.1 Å². The molecule has 0 aliphatic heterocycles. The van der Waals surface area contributed by atoms with E-state index in [2.05, 4.69) is 41.7 Å². The van der Waals surface area contributed by atoms with E-state index in [-0.39, 0.29) is 21.2 Å². The number of thiocarbonyl (C=S) groups is 1. The minimum atomic E-state index is -0.995. The molecule has 4 N–H and O–H groups in total. The van der Waals surface area contributed by atoms with E-state index in [9.17, 15) is 9.90 Å². The molecule has 0 atom stereocenters. The van der Waals surface area contributed by atoms with Crippen LogP contribution in [0.2, 0.25) is 0 Å². The Bertz CT molecular complexity index is 1190. The SMILES string of the molecule is C/C(=N/NC(=S)Nc1ccc(C(=O)O)s1)c1nn(C)c(-c2ccc(C(C)(C)C)cc2)c1O. The van der Waals surface area contributed by atoms with Crippen LogP contribution >= 0.6 is 23.6 Å². The molecule has 8 nitrogen and oxygen atoms in total. The molecule has 3 rings (SSSR count). The van der Waals surface area contributed by atoms with Crippen molar-refractivity contribution in [2.75, 3.05) is 5.32 Å². The van der Waals surface area contributed by atoms with Crippen molar-refractivity contribution in [3.8, 4) is 17.0 Å². The Labute approximate surface area is 195 Å². The molecule has 0 saturated carbocycles. The van der Waals surface area contributed by atoms with E-state index in [0.29, 0.717) is 22.1 Å². The Hall–Kier alpha value is -3.24. The molecule has 0 fully saturated rings. The van der Waals surface area contributed by atoms with E-state index in [0.717, 1.165) is 16.9 Å². The molecule has 0 aliphatic carbocycles. The van der Waals surface area contributed by atoms with E-state index in [1.165, 1.54) is 11.6 Å². The minimum absolute atomic E-state index is 0.0299. The molecule has 3 aromatic rings. The molecule has 2 aromatic heterocycles. The lowest BCUT2D eigenvalue weighted by Crippen LogP contribution is -2.24. The van der Waals surface area contributed by atoms with Crippen LogP contribution in [0.5, 0.6) is 5.75 Å². The van der Waals surface area contributed by atoms with Gasteiger partial charge in [0.05, 0.1) is 10.7 Å². The highest BCUT2D eigenvalue weighted by Crippen LogP contribution is 2.33. The first kappa shape index (κ1) is 23.4. The average molecular weight is 472 g/mol. The minimum Gasteiger partial charge on any atom is -0.504 e. The smallest absolute Gasteiger partial charge is 0.345 e. The fourth-order valence-corrected chi connectivity index (χ4v) is 4.03. The molecule has 1 aromatic carbocycles. The fourth-order valence-electron chi connectivity index (χ4n) is 3.06. The third-order valence-corrected chi connectivity index (χ3v) is 5.95. The zero-order chi connectivity index (χ0) is 23.6. The first-order chi connectivity index (χ1) is 15.0. The average Bonchev–Trinajstić information content (AvgIpc) is 3.30. The van der Waals surface area contributed by atoms with Gasteiger partial charge in [0.2, 0.25) is 0 Å². The molecule has 0 radical (unpaired) electrons. The molecule has 10 heteroatoms. The largest absolute Gasteiger partial charge is 0.504 e. The third kappa shape index (κ3) is 5.14. The van der Waals surface area contributed by atoms with Crippen LogP contribution in [0, 0.1) is 0 Å². The lowest BCUT2D eigenvalue weighted by molar-refractivity contribution is 0.0702. The van der Waals surface area contributed by atoms with Crippen molar-refractivity contribution in [2.24, 2.45) is 12.1 Å². The van der Waals surface area contributed by atoms with Crippen molar-refractivity contribution < 1.29 is 15.0 Å². The monoisotopic (exact) mass is 471 g/mol. The summed E-state index contributed by atoms with van der Waals surface area (Å²) in [5.41, 5.74) is 6.15. The molecular formula is C22H25N5O3S2. The van der Waals surface area contributed by atoms with E-state index in [1.807, 2.05) is 24.3 Å². The van der Waals surface area contributed by atoms with Crippen LogP contribution < -0.4 is 10.7 Å². The van der Waals surface area contributed by atoms with Gasteiger partial charge in [0.1, 0.15) is 10.6 Å². The van der Waals surface area contributed by atoms with Gasteiger partial charge < -0.3 is 15.5 Å². The summed E-state index contributed by atoms with van der Waals surface area (Å²) in [5.74, 6) is -0.965. The predicted molar refractivity (Wildman–Crippen MR) is 132 cm³/mol. The number of nitrogens with zero attached hydrogens (tertiary/aromatic N) is 3. The van der Waals surface area contributed by atoms with Gasteiger partial charge in [-0.3, -0.25) is 10.1 Å². The lowest BCUT2D eigenvalue weighted by Gasteiger charge is -2.19. The Balaban J connectivity index is 1.75. The van der Waals surface area contributed by atoms with Gasteiger partial charge in [0, 0.05) is 12.6 Å². The van der Waals surface area contributed by atoms with Crippen molar-refractivity contribution in [1.29, 1.82) is 0 Å². The molecule has 0 bridgehead atoms. The van der Waals surface area contributed by atoms with Crippen LogP contribution in [0.1, 0.15) is 48.6 Å². The second kappa shape index (κ2) is 9.09. The standard InChI is InChI=1S/C22H25N5O3S2/c1-12(24-25-21(31)23-16-11-10-15(32-16)20(29)30)17-19(28)18(27(5)26-17)13-6-8-14(9-7-13)22(2,3)4/h6-11,28H,1-5H3,(H,29,30)(H2,23,25,31)/b24-12-. The van der Waals surface area contributed by atoms with E-state index < -0.39 is 5.97 Å². The maximum atomic E-state index is 11.0. The Morgan fingerprint density at radius 1 is 1.19 bits per heavy atom. The number of thiophene rings is 1. The highest BCUT2D eigenvalue weighted by atomic mass is 32.1. The summed E-state index contributed by atoms with van der Waals surface area (Å²) in [6, 6.07) is 11.2. The number of hydrogen-bond acceptors (Lipinski definition) is 6. The Morgan fingerprint density at radius 2 is 1.84 bits per heavy atom. The summed E-state index contributed by atoms with van der Waals surface area (Å²) >= 11 is 6.27. The second-order valence-electron chi connectivity index (χ2n) is 8.23. The number of carboxylic acid groups (broad SMARTS) is 1. The molecule has 0 amide bonds. The Morgan fingerprint density at radius 3 is 2.41 bits per heavy atom. The number of aromatic carboxylic acids is 1. The number of benzene rings is 1. The summed E-state index contributed by atoms with van der Waals surface area (Å²) in [4.78, 5) is 11.2. The van der Waals surface area contributed by atoms with Crippen molar-refractivity contribution >= 4 is 45.3 Å². The third-order valence-electron chi connectivity index (χ3n) is 4.77. The van der Waals surface area contributed by atoms with Crippen molar-refractivity contribution in [3.63, 3.8) is 0 Å². The van der Waals surface area contributed by atoms with Crippen LogP contribution in [-0.4, -0.2) is 36.8 Å². The fraction of sp³-hybridized carbons (Fsp3) is 0.273. The van der Waals surface area contributed by atoms with Crippen molar-refractivity contribution in [1.82, 2.24) is 15.2 Å². The molecule has 0 unspecified atom stereocenters. The van der Waals surface area contributed by atoms with E-state index in [1.54, 1.807) is 24.7 Å². The second-order valence-corrected chi connectivity index (χ2v) is 9.72. The summed E-state index contributed by atoms with van der Waals surface area (Å²) in [6.07, 6.45) is 0. The summed E-state index contributed by atoms with van der Waals surface area (Å²) in [7, 11) is 1.76. The number of rotatable bonds is 5. The zero-order valence-corrected chi connectivity index (χ0v) is 20.1. The van der Waals surface area contributed by atoms with Crippen LogP contribution in [-0.2, 0) is 12.5 Å². The zero-order valence-electron chi connectivity index (χ0n) is 18.4. The molecule has 0 spiro atoms. The molecule has 2 heterocycles. The number of carbonyl (C=O) groups is 1. The number of hydrazone groups is 1. The number of hydrogen-bond donors (Lipinski definition) is 4. The molecule has 0 saturated heterocycles. The van der Waals surface area contributed by atoms with Gasteiger partial charge in [-0.15, -0.1) is 11.3 Å². The van der Waals surface area contributed by atoms with Crippen LogP contribution in [0.15, 0.2) is 41.5 Å². The van der Waals surface area contributed by atoms with Gasteiger partial charge in [0.25, 0.3) is 0 Å². The number of aromatic hydroxyl groups is 1. The van der Waals surface area contributed by atoms with E-state index >= 15 is 0 Å².